The summed E-state index contributed by atoms with van der Waals surface area (Å²) in [6.45, 7) is 0. The summed E-state index contributed by atoms with van der Waals surface area (Å²) in [5, 5.41) is 16.7. The molecule has 162 valence electrons. The van der Waals surface area contributed by atoms with Crippen LogP contribution in [0, 0.1) is 27.6 Å². The van der Waals surface area contributed by atoms with Crippen molar-refractivity contribution < 1.29 is 18.1 Å². The Morgan fingerprint density at radius 2 is 1.41 bits per heavy atom. The third-order valence-corrected chi connectivity index (χ3v) is 4.90. The number of anilines is 4. The van der Waals surface area contributed by atoms with E-state index >= 15 is 0 Å². The van der Waals surface area contributed by atoms with Crippen molar-refractivity contribution >= 4 is 62.9 Å². The minimum Gasteiger partial charge on any atom is -0.339 e. The highest BCUT2D eigenvalue weighted by molar-refractivity contribution is 6.31. The predicted molar refractivity (Wildman–Crippen MR) is 116 cm³/mol. The van der Waals surface area contributed by atoms with E-state index in [2.05, 4.69) is 20.6 Å². The first-order valence-electron chi connectivity index (χ1n) is 8.81. The summed E-state index contributed by atoms with van der Waals surface area (Å²) in [6.07, 6.45) is 0. The van der Waals surface area contributed by atoms with E-state index in [0.29, 0.717) is 11.4 Å². The third-order valence-electron chi connectivity index (χ3n) is 4.32. The summed E-state index contributed by atoms with van der Waals surface area (Å²) < 4.78 is 41.1. The van der Waals surface area contributed by atoms with Crippen molar-refractivity contribution in [3.63, 3.8) is 0 Å². The number of nitrogens with zero attached hydrogens (tertiary/aromatic N) is 3. The van der Waals surface area contributed by atoms with Crippen molar-refractivity contribution in [1.82, 2.24) is 9.97 Å². The maximum absolute atomic E-state index is 14.2. The van der Waals surface area contributed by atoms with Crippen molar-refractivity contribution in [2.24, 2.45) is 0 Å². The standard InChI is InChI=1S/C20H10Cl2F3N5O2/c21-12-5-9(1-3-14(12)23)26-19-11-7-18(30(31)32)16(25)8-17(11)28-20(29-19)27-10-2-4-15(24)13(22)6-10/h1-8H,(H2,26,27,28,29). The zero-order valence-corrected chi connectivity index (χ0v) is 17.2. The summed E-state index contributed by atoms with van der Waals surface area (Å²) in [5.74, 6) is -2.34. The summed E-state index contributed by atoms with van der Waals surface area (Å²) >= 11 is 11.6. The molecule has 3 aromatic carbocycles. The summed E-state index contributed by atoms with van der Waals surface area (Å²) in [5.41, 5.74) is -0.0742. The van der Waals surface area contributed by atoms with Gasteiger partial charge in [0.1, 0.15) is 17.5 Å². The zero-order valence-electron chi connectivity index (χ0n) is 15.7. The summed E-state index contributed by atoms with van der Waals surface area (Å²) in [7, 11) is 0. The molecule has 2 N–H and O–H groups in total. The van der Waals surface area contributed by atoms with Crippen LogP contribution in [0.4, 0.5) is 42.0 Å². The van der Waals surface area contributed by atoms with Gasteiger partial charge in [-0.25, -0.2) is 13.8 Å². The molecule has 7 nitrogen and oxygen atoms in total. The van der Waals surface area contributed by atoms with Crippen molar-refractivity contribution in [2.45, 2.75) is 0 Å². The number of nitrogens with one attached hydrogen (secondary N) is 2. The number of benzene rings is 3. The number of hydrogen-bond acceptors (Lipinski definition) is 6. The lowest BCUT2D eigenvalue weighted by Gasteiger charge is -2.13. The average molecular weight is 480 g/mol. The number of halogens is 5. The molecule has 0 saturated heterocycles. The highest BCUT2D eigenvalue weighted by atomic mass is 35.5. The molecule has 32 heavy (non-hydrogen) atoms. The molecule has 1 heterocycles. The van der Waals surface area contributed by atoms with Gasteiger partial charge in [0.05, 0.1) is 25.9 Å². The van der Waals surface area contributed by atoms with Crippen LogP contribution in [0.25, 0.3) is 10.9 Å². The number of rotatable bonds is 5. The molecule has 0 fully saturated rings. The Hall–Kier alpha value is -3.63. The largest absolute Gasteiger partial charge is 0.339 e. The molecule has 1 aromatic heterocycles. The van der Waals surface area contributed by atoms with E-state index in [1.165, 1.54) is 24.3 Å². The van der Waals surface area contributed by atoms with E-state index in [4.69, 9.17) is 23.2 Å². The minimum absolute atomic E-state index is 0.0366. The molecule has 0 radical (unpaired) electrons. The van der Waals surface area contributed by atoms with Crippen LogP contribution in [0.2, 0.25) is 10.0 Å². The van der Waals surface area contributed by atoms with Gasteiger partial charge in [0.2, 0.25) is 11.8 Å². The smallest absolute Gasteiger partial charge is 0.305 e. The highest BCUT2D eigenvalue weighted by Gasteiger charge is 2.19. The van der Waals surface area contributed by atoms with Gasteiger partial charge in [0.15, 0.2) is 0 Å². The molecule has 4 rings (SSSR count). The molecule has 0 aliphatic carbocycles. The van der Waals surface area contributed by atoms with Gasteiger partial charge in [-0.2, -0.15) is 9.37 Å². The molecular formula is C20H10Cl2F3N5O2. The van der Waals surface area contributed by atoms with Crippen LogP contribution in [-0.2, 0) is 0 Å². The maximum atomic E-state index is 14.2. The molecule has 0 aliphatic rings. The summed E-state index contributed by atoms with van der Waals surface area (Å²) in [4.78, 5) is 18.7. The first-order valence-corrected chi connectivity index (χ1v) is 9.56. The lowest BCUT2D eigenvalue weighted by molar-refractivity contribution is -0.387. The van der Waals surface area contributed by atoms with Crippen molar-refractivity contribution in [1.29, 1.82) is 0 Å². The minimum atomic E-state index is -1.09. The highest BCUT2D eigenvalue weighted by Crippen LogP contribution is 2.32. The second-order valence-electron chi connectivity index (χ2n) is 6.48. The quantitative estimate of drug-likeness (QED) is 0.243. The second kappa shape index (κ2) is 8.48. The third kappa shape index (κ3) is 4.36. The van der Waals surface area contributed by atoms with Crippen LogP contribution in [-0.4, -0.2) is 14.9 Å². The molecule has 0 atom stereocenters. The van der Waals surface area contributed by atoms with Crippen LogP contribution in [0.1, 0.15) is 0 Å². The molecule has 0 amide bonds. The Labute approximate surface area is 188 Å². The van der Waals surface area contributed by atoms with Gasteiger partial charge >= 0.3 is 5.69 Å². The number of aromatic nitrogens is 2. The molecule has 0 saturated carbocycles. The first kappa shape index (κ1) is 21.6. The molecule has 0 spiro atoms. The van der Waals surface area contributed by atoms with Gasteiger partial charge in [-0.1, -0.05) is 23.2 Å². The van der Waals surface area contributed by atoms with Gasteiger partial charge in [-0.3, -0.25) is 10.1 Å². The Balaban J connectivity index is 1.84. The number of nitro benzene ring substituents is 1. The van der Waals surface area contributed by atoms with Crippen molar-refractivity contribution in [3.05, 3.63) is 86.1 Å². The van der Waals surface area contributed by atoms with Crippen LogP contribution >= 0.6 is 23.2 Å². The Morgan fingerprint density at radius 3 is 1.97 bits per heavy atom. The van der Waals surface area contributed by atoms with Crippen molar-refractivity contribution in [2.75, 3.05) is 10.6 Å². The van der Waals surface area contributed by atoms with Gasteiger partial charge in [-0.05, 0) is 36.4 Å². The zero-order chi connectivity index (χ0) is 23.0. The second-order valence-corrected chi connectivity index (χ2v) is 7.30. The van der Waals surface area contributed by atoms with Crippen LogP contribution < -0.4 is 10.6 Å². The lowest BCUT2D eigenvalue weighted by Crippen LogP contribution is -2.04. The normalized spacial score (nSPS) is 10.9. The van der Waals surface area contributed by atoms with Gasteiger partial charge in [0, 0.05) is 23.5 Å². The Kier molecular flexibility index (Phi) is 5.72. The fraction of sp³-hybridized carbons (Fsp3) is 0. The van der Waals surface area contributed by atoms with Crippen molar-refractivity contribution in [3.8, 4) is 0 Å². The van der Waals surface area contributed by atoms with E-state index < -0.39 is 28.1 Å². The van der Waals surface area contributed by atoms with Crippen LogP contribution in [0.5, 0.6) is 0 Å². The molecular weight excluding hydrogens is 470 g/mol. The molecule has 0 bridgehead atoms. The van der Waals surface area contributed by atoms with E-state index in [-0.39, 0.29) is 32.7 Å². The van der Waals surface area contributed by atoms with Gasteiger partial charge in [-0.15, -0.1) is 0 Å². The predicted octanol–water partition coefficient (Wildman–Crippen LogP) is 6.75. The molecule has 0 aliphatic heterocycles. The average Bonchev–Trinajstić information content (AvgIpc) is 2.73. The molecule has 4 aromatic rings. The van der Waals surface area contributed by atoms with E-state index in [9.17, 15) is 23.3 Å². The van der Waals surface area contributed by atoms with Crippen LogP contribution in [0.3, 0.4) is 0 Å². The lowest BCUT2D eigenvalue weighted by atomic mass is 10.2. The monoisotopic (exact) mass is 479 g/mol. The van der Waals surface area contributed by atoms with E-state index in [0.717, 1.165) is 24.3 Å². The van der Waals surface area contributed by atoms with Gasteiger partial charge < -0.3 is 10.6 Å². The van der Waals surface area contributed by atoms with Gasteiger partial charge in [0.25, 0.3) is 0 Å². The first-order chi connectivity index (χ1) is 15.2. The summed E-state index contributed by atoms with van der Waals surface area (Å²) in [6, 6.07) is 9.48. The van der Waals surface area contributed by atoms with E-state index in [1.807, 2.05) is 0 Å². The maximum Gasteiger partial charge on any atom is 0.305 e. The van der Waals surface area contributed by atoms with E-state index in [1.54, 1.807) is 0 Å². The van der Waals surface area contributed by atoms with Crippen LogP contribution in [0.15, 0.2) is 48.5 Å². The molecule has 0 unspecified atom stereocenters. The molecule has 12 heteroatoms. The topological polar surface area (TPSA) is 93.0 Å². The fourth-order valence-electron chi connectivity index (χ4n) is 2.84. The number of hydrogen-bond donors (Lipinski definition) is 2. The number of fused-ring (bicyclic) bond motifs is 1. The SMILES string of the molecule is O=[N+]([O-])c1cc2c(Nc3ccc(F)c(Cl)c3)nc(Nc3ccc(F)c(Cl)c3)nc2cc1F. The Morgan fingerprint density at radius 1 is 0.812 bits per heavy atom. The Bertz CT molecular complexity index is 1390. The number of nitro groups is 1. The fourth-order valence-corrected chi connectivity index (χ4v) is 3.20.